The number of thiophene rings is 1. The summed E-state index contributed by atoms with van der Waals surface area (Å²) in [7, 11) is 0. The Kier molecular flexibility index (Phi) is 4.09. The predicted octanol–water partition coefficient (Wildman–Crippen LogP) is 4.04. The van der Waals surface area contributed by atoms with Gasteiger partial charge in [0.05, 0.1) is 0 Å². The molecular formula is C11H16S. The summed E-state index contributed by atoms with van der Waals surface area (Å²) in [5, 5.41) is 2.15. The molecule has 0 unspecified atom stereocenters. The maximum Gasteiger partial charge on any atom is 0.00856 e. The van der Waals surface area contributed by atoms with E-state index in [-0.39, 0.29) is 0 Å². The average Bonchev–Trinajstić information content (AvgIpc) is 2.56. The van der Waals surface area contributed by atoms with Gasteiger partial charge in [0.2, 0.25) is 0 Å². The lowest BCUT2D eigenvalue weighted by molar-refractivity contribution is 0.872. The molecule has 0 aliphatic carbocycles. The second-order valence-electron chi connectivity index (χ2n) is 2.95. The van der Waals surface area contributed by atoms with Crippen LogP contribution in [0, 0.1) is 0 Å². The summed E-state index contributed by atoms with van der Waals surface area (Å²) in [5.74, 6) is 0. The number of rotatable bonds is 4. The van der Waals surface area contributed by atoms with Crippen molar-refractivity contribution in [1.29, 1.82) is 0 Å². The predicted molar refractivity (Wildman–Crippen MR) is 56.7 cm³/mol. The van der Waals surface area contributed by atoms with Crippen molar-refractivity contribution in [3.8, 4) is 0 Å². The van der Waals surface area contributed by atoms with Gasteiger partial charge in [-0.3, -0.25) is 0 Å². The minimum Gasteiger partial charge on any atom is -0.149 e. The highest BCUT2D eigenvalue weighted by Crippen LogP contribution is 2.16. The van der Waals surface area contributed by atoms with Crippen molar-refractivity contribution in [3.63, 3.8) is 0 Å². The molecule has 1 heterocycles. The molecule has 0 saturated carbocycles. The first kappa shape index (κ1) is 9.53. The van der Waals surface area contributed by atoms with Crippen LogP contribution in [-0.4, -0.2) is 0 Å². The molecule has 0 atom stereocenters. The zero-order valence-electron chi connectivity index (χ0n) is 7.84. The van der Waals surface area contributed by atoms with Crippen LogP contribution in [0.15, 0.2) is 29.2 Å². The second-order valence-corrected chi connectivity index (χ2v) is 3.99. The molecular weight excluding hydrogens is 164 g/mol. The molecule has 1 aromatic heterocycles. The molecule has 0 radical (unpaired) electrons. The van der Waals surface area contributed by atoms with Gasteiger partial charge in [0, 0.05) is 11.3 Å². The fourth-order valence-electron chi connectivity index (χ4n) is 1.29. The van der Waals surface area contributed by atoms with Crippen molar-refractivity contribution < 1.29 is 0 Å². The van der Waals surface area contributed by atoms with Crippen LogP contribution in [0.25, 0.3) is 0 Å². The zero-order chi connectivity index (χ0) is 8.81. The fourth-order valence-corrected chi connectivity index (χ4v) is 2.05. The van der Waals surface area contributed by atoms with Gasteiger partial charge in [-0.05, 0) is 24.8 Å². The Morgan fingerprint density at radius 1 is 1.58 bits per heavy atom. The van der Waals surface area contributed by atoms with E-state index < -0.39 is 0 Å². The lowest BCUT2D eigenvalue weighted by Crippen LogP contribution is -1.86. The van der Waals surface area contributed by atoms with Gasteiger partial charge in [-0.15, -0.1) is 11.3 Å². The third-order valence-corrected chi connectivity index (χ3v) is 2.84. The van der Waals surface area contributed by atoms with E-state index in [1.807, 2.05) is 11.3 Å². The number of hydrogen-bond donors (Lipinski definition) is 0. The third-order valence-electron chi connectivity index (χ3n) is 1.96. The lowest BCUT2D eigenvalue weighted by Gasteiger charge is -2.02. The molecule has 1 heteroatoms. The molecule has 0 amide bonds. The van der Waals surface area contributed by atoms with Crippen LogP contribution < -0.4 is 0 Å². The van der Waals surface area contributed by atoms with Gasteiger partial charge in [-0.2, -0.15) is 0 Å². The van der Waals surface area contributed by atoms with Crippen molar-refractivity contribution >= 4 is 11.3 Å². The summed E-state index contributed by atoms with van der Waals surface area (Å²) in [6.45, 7) is 4.37. The maximum atomic E-state index is 2.25. The minimum atomic E-state index is 1.15. The van der Waals surface area contributed by atoms with Gasteiger partial charge in [-0.1, -0.05) is 31.1 Å². The molecule has 12 heavy (non-hydrogen) atoms. The van der Waals surface area contributed by atoms with Crippen LogP contribution in [0.3, 0.4) is 0 Å². The first-order valence-corrected chi connectivity index (χ1v) is 5.41. The topological polar surface area (TPSA) is 0 Å². The Labute approximate surface area is 78.9 Å². The lowest BCUT2D eigenvalue weighted by atomic mass is 10.1. The van der Waals surface area contributed by atoms with Gasteiger partial charge in [0.15, 0.2) is 0 Å². The molecule has 0 nitrogen and oxygen atoms in total. The highest BCUT2D eigenvalue weighted by molar-refractivity contribution is 7.09. The summed E-state index contributed by atoms with van der Waals surface area (Å²) in [6.07, 6.45) is 5.91. The molecule has 0 N–H and O–H groups in total. The summed E-state index contributed by atoms with van der Waals surface area (Å²) < 4.78 is 0. The second kappa shape index (κ2) is 5.15. The Balaban J connectivity index is 2.49. The highest BCUT2D eigenvalue weighted by atomic mass is 32.1. The van der Waals surface area contributed by atoms with Gasteiger partial charge in [-0.25, -0.2) is 0 Å². The quantitative estimate of drug-likeness (QED) is 0.613. The summed E-state index contributed by atoms with van der Waals surface area (Å²) in [5.41, 5.74) is 1.57. The third kappa shape index (κ3) is 2.82. The standard InChI is InChI=1S/C11H16S/c1-3-6-10(4-2)9-11-7-5-8-12-11/h4-5,7-8H,3,6,9H2,1-2H3/b10-4-. The van der Waals surface area contributed by atoms with E-state index in [1.54, 1.807) is 5.57 Å². The highest BCUT2D eigenvalue weighted by Gasteiger charge is 1.97. The Morgan fingerprint density at radius 3 is 2.92 bits per heavy atom. The normalized spacial score (nSPS) is 12.0. The van der Waals surface area contributed by atoms with Gasteiger partial charge >= 0.3 is 0 Å². The van der Waals surface area contributed by atoms with E-state index in [0.29, 0.717) is 0 Å². The summed E-state index contributed by atoms with van der Waals surface area (Å²) in [6, 6.07) is 4.34. The van der Waals surface area contributed by atoms with Crippen molar-refractivity contribution in [2.24, 2.45) is 0 Å². The molecule has 0 aromatic carbocycles. The smallest absolute Gasteiger partial charge is 0.00856 e. The van der Waals surface area contributed by atoms with Crippen LogP contribution in [0.2, 0.25) is 0 Å². The minimum absolute atomic E-state index is 1.15. The van der Waals surface area contributed by atoms with Crippen LogP contribution in [-0.2, 0) is 6.42 Å². The van der Waals surface area contributed by atoms with Gasteiger partial charge in [0.25, 0.3) is 0 Å². The molecule has 66 valence electrons. The molecule has 1 aromatic rings. The summed E-state index contributed by atoms with van der Waals surface area (Å²) in [4.78, 5) is 1.48. The van der Waals surface area contributed by atoms with Crippen molar-refractivity contribution in [2.75, 3.05) is 0 Å². The molecule has 0 fully saturated rings. The van der Waals surface area contributed by atoms with E-state index in [2.05, 4.69) is 37.4 Å². The summed E-state index contributed by atoms with van der Waals surface area (Å²) >= 11 is 1.85. The first-order valence-electron chi connectivity index (χ1n) is 4.53. The van der Waals surface area contributed by atoms with Gasteiger partial charge < -0.3 is 0 Å². The first-order chi connectivity index (χ1) is 5.86. The van der Waals surface area contributed by atoms with Crippen LogP contribution in [0.4, 0.5) is 0 Å². The Morgan fingerprint density at radius 2 is 2.42 bits per heavy atom. The number of hydrogen-bond acceptors (Lipinski definition) is 1. The molecule has 0 saturated heterocycles. The zero-order valence-corrected chi connectivity index (χ0v) is 8.66. The van der Waals surface area contributed by atoms with E-state index in [9.17, 15) is 0 Å². The number of allylic oxidation sites excluding steroid dienone is 2. The monoisotopic (exact) mass is 180 g/mol. The van der Waals surface area contributed by atoms with E-state index >= 15 is 0 Å². The SMILES string of the molecule is C/C=C(/CCC)Cc1cccs1. The maximum absolute atomic E-state index is 2.25. The molecule has 0 aliphatic rings. The average molecular weight is 180 g/mol. The fraction of sp³-hybridized carbons (Fsp3) is 0.455. The molecule has 0 bridgehead atoms. The molecule has 0 spiro atoms. The van der Waals surface area contributed by atoms with Crippen LogP contribution in [0.1, 0.15) is 31.6 Å². The van der Waals surface area contributed by atoms with E-state index in [4.69, 9.17) is 0 Å². The largest absolute Gasteiger partial charge is 0.149 e. The Hall–Kier alpha value is -0.560. The van der Waals surface area contributed by atoms with Gasteiger partial charge in [0.1, 0.15) is 0 Å². The Bertz CT molecular complexity index is 232. The van der Waals surface area contributed by atoms with E-state index in [1.165, 1.54) is 17.7 Å². The van der Waals surface area contributed by atoms with Crippen LogP contribution >= 0.6 is 11.3 Å². The van der Waals surface area contributed by atoms with Crippen molar-refractivity contribution in [1.82, 2.24) is 0 Å². The van der Waals surface area contributed by atoms with Crippen molar-refractivity contribution in [3.05, 3.63) is 34.0 Å². The van der Waals surface area contributed by atoms with Crippen molar-refractivity contribution in [2.45, 2.75) is 33.1 Å². The molecule has 1 rings (SSSR count). The van der Waals surface area contributed by atoms with E-state index in [0.717, 1.165) is 6.42 Å². The molecule has 0 aliphatic heterocycles. The van der Waals surface area contributed by atoms with Crippen LogP contribution in [0.5, 0.6) is 0 Å².